The molecule has 4 rings (SSSR count). The molecule has 0 spiro atoms. The van der Waals surface area contributed by atoms with Gasteiger partial charge in [-0.2, -0.15) is 0 Å². The minimum absolute atomic E-state index is 0.194. The minimum atomic E-state index is -0.731. The molecule has 0 fully saturated rings. The molecule has 0 saturated heterocycles. The summed E-state index contributed by atoms with van der Waals surface area (Å²) < 4.78 is 24.7. The van der Waals surface area contributed by atoms with Crippen molar-refractivity contribution in [2.24, 2.45) is 0 Å². The van der Waals surface area contributed by atoms with Gasteiger partial charge in [0.25, 0.3) is 5.91 Å². The largest absolute Gasteiger partial charge is 0.492 e. The van der Waals surface area contributed by atoms with Crippen LogP contribution < -0.4 is 10.1 Å². The van der Waals surface area contributed by atoms with Crippen molar-refractivity contribution in [3.63, 3.8) is 0 Å². The van der Waals surface area contributed by atoms with E-state index in [1.54, 1.807) is 54.5 Å². The number of methoxy groups -OCH3 is 1. The number of hydrogen-bond donors (Lipinski definition) is 1. The molecule has 0 bridgehead atoms. The number of ether oxygens (including phenoxy) is 2. The van der Waals surface area contributed by atoms with Crippen LogP contribution in [0.15, 0.2) is 72.8 Å². The first-order valence-electron chi connectivity index (χ1n) is 11.2. The van der Waals surface area contributed by atoms with Gasteiger partial charge in [0.2, 0.25) is 5.91 Å². The number of amides is 2. The number of hydrogen-bond acceptors (Lipinski definition) is 4. The van der Waals surface area contributed by atoms with Crippen molar-refractivity contribution in [2.75, 3.05) is 32.2 Å². The van der Waals surface area contributed by atoms with Gasteiger partial charge in [-0.25, -0.2) is 4.39 Å². The predicted octanol–water partition coefficient (Wildman–Crippen LogP) is 4.79. The van der Waals surface area contributed by atoms with Crippen molar-refractivity contribution in [3.05, 3.63) is 95.3 Å². The molecule has 7 heteroatoms. The van der Waals surface area contributed by atoms with Crippen LogP contribution in [0.3, 0.4) is 0 Å². The van der Waals surface area contributed by atoms with E-state index >= 15 is 0 Å². The molecule has 0 unspecified atom stereocenters. The van der Waals surface area contributed by atoms with E-state index < -0.39 is 12.0 Å². The summed E-state index contributed by atoms with van der Waals surface area (Å²) >= 11 is 0. The number of benzene rings is 3. The molecule has 1 N–H and O–H groups in total. The number of carbonyl (C=O) groups is 2. The summed E-state index contributed by atoms with van der Waals surface area (Å²) in [5.74, 6) is -1.04. The van der Waals surface area contributed by atoms with E-state index in [1.165, 1.54) is 12.1 Å². The summed E-state index contributed by atoms with van der Waals surface area (Å²) in [6, 6.07) is 19.6. The number of para-hydroxylation sites is 2. The molecule has 1 aliphatic rings. The van der Waals surface area contributed by atoms with Gasteiger partial charge in [0.1, 0.15) is 11.6 Å². The van der Waals surface area contributed by atoms with Crippen LogP contribution in [0.5, 0.6) is 5.75 Å². The zero-order valence-corrected chi connectivity index (χ0v) is 19.2. The van der Waals surface area contributed by atoms with Gasteiger partial charge in [-0.15, -0.1) is 0 Å². The van der Waals surface area contributed by atoms with E-state index in [1.807, 2.05) is 25.1 Å². The Labute approximate surface area is 198 Å². The summed E-state index contributed by atoms with van der Waals surface area (Å²) in [7, 11) is 1.56. The van der Waals surface area contributed by atoms with Gasteiger partial charge in [-0.1, -0.05) is 42.5 Å². The van der Waals surface area contributed by atoms with E-state index in [-0.39, 0.29) is 24.2 Å². The molecule has 6 nitrogen and oxygen atoms in total. The molecule has 1 heterocycles. The van der Waals surface area contributed by atoms with Crippen LogP contribution in [0.1, 0.15) is 40.4 Å². The molecule has 0 aromatic heterocycles. The molecule has 34 heavy (non-hydrogen) atoms. The third-order valence-electron chi connectivity index (χ3n) is 5.91. The maximum absolute atomic E-state index is 13.9. The quantitative estimate of drug-likeness (QED) is 0.523. The van der Waals surface area contributed by atoms with Crippen molar-refractivity contribution in [1.82, 2.24) is 4.90 Å². The number of rotatable bonds is 8. The van der Waals surface area contributed by atoms with Crippen molar-refractivity contribution in [1.29, 1.82) is 0 Å². The predicted molar refractivity (Wildman–Crippen MR) is 127 cm³/mol. The number of anilines is 1. The monoisotopic (exact) mass is 462 g/mol. The van der Waals surface area contributed by atoms with Gasteiger partial charge in [-0.3, -0.25) is 9.59 Å². The summed E-state index contributed by atoms with van der Waals surface area (Å²) in [5, 5.41) is 3.00. The fourth-order valence-corrected chi connectivity index (χ4v) is 4.40. The zero-order valence-electron chi connectivity index (χ0n) is 19.2. The number of halogens is 1. The minimum Gasteiger partial charge on any atom is -0.492 e. The topological polar surface area (TPSA) is 67.9 Å². The van der Waals surface area contributed by atoms with Crippen LogP contribution >= 0.6 is 0 Å². The Hall–Kier alpha value is -3.71. The lowest BCUT2D eigenvalue weighted by Crippen LogP contribution is -2.47. The van der Waals surface area contributed by atoms with Crippen molar-refractivity contribution >= 4 is 17.5 Å². The second kappa shape index (κ2) is 10.5. The molecule has 0 saturated carbocycles. The number of carbonyl (C=O) groups excluding carboxylic acids is 2. The van der Waals surface area contributed by atoms with Crippen LogP contribution in [-0.2, 0) is 9.53 Å². The Morgan fingerprint density at radius 2 is 1.74 bits per heavy atom. The second-order valence-corrected chi connectivity index (χ2v) is 7.97. The molecule has 176 valence electrons. The first kappa shape index (κ1) is 23.4. The lowest BCUT2D eigenvalue weighted by atomic mass is 9.79. The second-order valence-electron chi connectivity index (χ2n) is 7.97. The van der Waals surface area contributed by atoms with Crippen molar-refractivity contribution in [3.8, 4) is 5.75 Å². The first-order chi connectivity index (χ1) is 16.5. The average molecular weight is 463 g/mol. The highest BCUT2D eigenvalue weighted by Gasteiger charge is 2.44. The van der Waals surface area contributed by atoms with Gasteiger partial charge >= 0.3 is 0 Å². The highest BCUT2D eigenvalue weighted by atomic mass is 19.1. The fraction of sp³-hybridized carbons (Fsp3) is 0.259. The summed E-state index contributed by atoms with van der Waals surface area (Å²) in [5.41, 5.74) is 2.31. The normalized spacial score (nSPS) is 17.3. The van der Waals surface area contributed by atoms with Crippen LogP contribution in [-0.4, -0.2) is 43.6 Å². The van der Waals surface area contributed by atoms with Gasteiger partial charge in [0, 0.05) is 19.2 Å². The molecule has 1 aliphatic heterocycles. The highest BCUT2D eigenvalue weighted by Crippen LogP contribution is 2.43. The number of nitrogens with zero attached hydrogens (tertiary/aromatic N) is 1. The van der Waals surface area contributed by atoms with Crippen LogP contribution in [0.2, 0.25) is 0 Å². The summed E-state index contributed by atoms with van der Waals surface area (Å²) in [6.45, 7) is 2.91. The standard InChI is InChI=1S/C27H27FN2O4/c1-3-34-23-11-7-6-10-22(23)29-26(31)24-20-8-4-5-9-21(20)27(32)30(16-17-33-2)25(24)18-12-14-19(28)15-13-18/h4-15,24-25H,3,16-17H2,1-2H3,(H,29,31)/t24-,25+/m1/s1. The maximum Gasteiger partial charge on any atom is 0.254 e. The van der Waals surface area contributed by atoms with Crippen molar-refractivity contribution < 1.29 is 23.5 Å². The van der Waals surface area contributed by atoms with Crippen LogP contribution in [0.4, 0.5) is 10.1 Å². The Balaban J connectivity index is 1.82. The van der Waals surface area contributed by atoms with Gasteiger partial charge < -0.3 is 19.7 Å². The molecule has 0 radical (unpaired) electrons. The van der Waals surface area contributed by atoms with Gasteiger partial charge in [-0.05, 0) is 48.4 Å². The Morgan fingerprint density at radius 1 is 1.03 bits per heavy atom. The first-order valence-corrected chi connectivity index (χ1v) is 11.2. The Kier molecular flexibility index (Phi) is 7.23. The van der Waals surface area contributed by atoms with Crippen LogP contribution in [0.25, 0.3) is 0 Å². The van der Waals surface area contributed by atoms with E-state index in [0.717, 1.165) is 0 Å². The Morgan fingerprint density at radius 3 is 2.47 bits per heavy atom. The van der Waals surface area contributed by atoms with Crippen molar-refractivity contribution in [2.45, 2.75) is 18.9 Å². The Bertz CT molecular complexity index is 1170. The molecular weight excluding hydrogens is 435 g/mol. The third-order valence-corrected chi connectivity index (χ3v) is 5.91. The lowest BCUT2D eigenvalue weighted by molar-refractivity contribution is -0.119. The SMILES string of the molecule is CCOc1ccccc1NC(=O)[C@@H]1c2ccccc2C(=O)N(CCOC)[C@H]1c1ccc(F)cc1. The summed E-state index contributed by atoms with van der Waals surface area (Å²) in [4.78, 5) is 29.0. The van der Waals surface area contributed by atoms with Crippen LogP contribution in [0, 0.1) is 5.82 Å². The highest BCUT2D eigenvalue weighted by molar-refractivity contribution is 6.04. The molecule has 0 aliphatic carbocycles. The number of fused-ring (bicyclic) bond motifs is 1. The fourth-order valence-electron chi connectivity index (χ4n) is 4.40. The van der Waals surface area contributed by atoms with E-state index in [4.69, 9.17) is 9.47 Å². The van der Waals surface area contributed by atoms with E-state index in [2.05, 4.69) is 5.32 Å². The summed E-state index contributed by atoms with van der Waals surface area (Å²) in [6.07, 6.45) is 0. The van der Waals surface area contributed by atoms with E-state index in [0.29, 0.717) is 41.3 Å². The lowest BCUT2D eigenvalue weighted by Gasteiger charge is -2.41. The van der Waals surface area contributed by atoms with Gasteiger partial charge in [0.15, 0.2) is 0 Å². The smallest absolute Gasteiger partial charge is 0.254 e. The van der Waals surface area contributed by atoms with Gasteiger partial charge in [0.05, 0.1) is 30.9 Å². The molecule has 2 amide bonds. The molecule has 3 aromatic rings. The maximum atomic E-state index is 13.9. The average Bonchev–Trinajstić information content (AvgIpc) is 2.85. The third kappa shape index (κ3) is 4.65. The zero-order chi connectivity index (χ0) is 24.1. The number of nitrogens with one attached hydrogen (secondary N) is 1. The van der Waals surface area contributed by atoms with E-state index in [9.17, 15) is 14.0 Å². The molecule has 3 aromatic carbocycles. The molecule has 2 atom stereocenters. The molecular formula is C27H27FN2O4.